The highest BCUT2D eigenvalue weighted by Crippen LogP contribution is 2.26. The summed E-state index contributed by atoms with van der Waals surface area (Å²) in [5.41, 5.74) is 4.15. The second-order valence-electron chi connectivity index (χ2n) is 8.36. The molecule has 8 heteroatoms. The first-order valence-corrected chi connectivity index (χ1v) is 12.2. The molecule has 0 bridgehead atoms. The maximum Gasteiger partial charge on any atom is 0.277 e. The van der Waals surface area contributed by atoms with E-state index in [1.165, 1.54) is 36.7 Å². The Labute approximate surface area is 198 Å². The summed E-state index contributed by atoms with van der Waals surface area (Å²) in [6.45, 7) is 8.21. The lowest BCUT2D eigenvalue weighted by Gasteiger charge is -2.28. The van der Waals surface area contributed by atoms with E-state index in [0.717, 1.165) is 35.7 Å². The summed E-state index contributed by atoms with van der Waals surface area (Å²) in [5.74, 6) is 1.05. The average molecular weight is 467 g/mol. The fourth-order valence-electron chi connectivity index (χ4n) is 3.70. The highest BCUT2D eigenvalue weighted by Gasteiger charge is 2.19. The first kappa shape index (κ1) is 23.2. The second-order valence-corrected chi connectivity index (χ2v) is 9.66. The van der Waals surface area contributed by atoms with Crippen LogP contribution in [0.3, 0.4) is 0 Å². The van der Waals surface area contributed by atoms with Gasteiger partial charge in [0.05, 0.1) is 5.25 Å². The first-order chi connectivity index (χ1) is 16.0. The van der Waals surface area contributed by atoms with E-state index in [4.69, 9.17) is 9.15 Å². The van der Waals surface area contributed by atoms with Gasteiger partial charge in [-0.05, 0) is 81.5 Å². The number of piperidine rings is 1. The Morgan fingerprint density at radius 2 is 1.88 bits per heavy atom. The third-order valence-electron chi connectivity index (χ3n) is 5.65. The number of hydrogen-bond donors (Lipinski definition) is 1. The number of aromatic nitrogens is 2. The monoisotopic (exact) mass is 466 g/mol. The number of nitrogens with zero attached hydrogens (tertiary/aromatic N) is 3. The minimum Gasteiger partial charge on any atom is -0.484 e. The number of aryl methyl sites for hydroxylation is 2. The Morgan fingerprint density at radius 3 is 2.64 bits per heavy atom. The summed E-state index contributed by atoms with van der Waals surface area (Å²) in [6.07, 6.45) is 3.78. The zero-order chi connectivity index (χ0) is 23.2. The number of carbonyl (C=O) groups excluding carboxylic acids is 1. The normalized spacial score (nSPS) is 14.7. The number of hydrogen-bond acceptors (Lipinski definition) is 7. The predicted octanol–water partition coefficient (Wildman–Crippen LogP) is 5.38. The van der Waals surface area contributed by atoms with Crippen LogP contribution in [0.2, 0.25) is 0 Å². The molecule has 1 fully saturated rings. The highest BCUT2D eigenvalue weighted by molar-refractivity contribution is 8.00. The van der Waals surface area contributed by atoms with Gasteiger partial charge in [0.15, 0.2) is 6.61 Å². The Hall–Kier alpha value is -3.00. The zero-order valence-corrected chi connectivity index (χ0v) is 20.2. The van der Waals surface area contributed by atoms with Crippen LogP contribution < -0.4 is 15.0 Å². The third kappa shape index (κ3) is 6.28. The van der Waals surface area contributed by atoms with Gasteiger partial charge in [0.25, 0.3) is 11.1 Å². The minimum atomic E-state index is -0.389. The van der Waals surface area contributed by atoms with Crippen molar-refractivity contribution < 1.29 is 13.9 Å². The van der Waals surface area contributed by atoms with Crippen LogP contribution in [0.15, 0.2) is 52.1 Å². The molecule has 0 saturated carbocycles. The van der Waals surface area contributed by atoms with Gasteiger partial charge in [0, 0.05) is 24.5 Å². The van der Waals surface area contributed by atoms with Gasteiger partial charge in [-0.2, -0.15) is 0 Å². The van der Waals surface area contributed by atoms with Gasteiger partial charge < -0.3 is 19.4 Å². The van der Waals surface area contributed by atoms with Crippen molar-refractivity contribution in [2.45, 2.75) is 57.1 Å². The van der Waals surface area contributed by atoms with E-state index in [1.807, 2.05) is 51.1 Å². The van der Waals surface area contributed by atoms with Gasteiger partial charge in [-0.3, -0.25) is 4.79 Å². The molecule has 0 aliphatic carbocycles. The van der Waals surface area contributed by atoms with Crippen molar-refractivity contribution in [3.8, 4) is 5.75 Å². The molecule has 1 aromatic heterocycles. The van der Waals surface area contributed by atoms with E-state index in [9.17, 15) is 4.79 Å². The van der Waals surface area contributed by atoms with Crippen molar-refractivity contribution in [1.29, 1.82) is 0 Å². The fraction of sp³-hybridized carbons (Fsp3) is 0.400. The summed E-state index contributed by atoms with van der Waals surface area (Å²) in [6, 6.07) is 14.1. The SMILES string of the molecule is Cc1ccc(C)c(OCc2nnc(SC(C)C(=O)Nc3ccc(N4CCCCC4)cc3)o2)c1. The second kappa shape index (κ2) is 10.7. The molecular formula is C25H30N4O3S. The lowest BCUT2D eigenvalue weighted by atomic mass is 10.1. The van der Waals surface area contributed by atoms with Crippen molar-refractivity contribution >= 4 is 29.0 Å². The molecule has 1 amide bonds. The van der Waals surface area contributed by atoms with Crippen molar-refractivity contribution in [2.75, 3.05) is 23.3 Å². The average Bonchev–Trinajstić information content (AvgIpc) is 3.28. The number of thioether (sulfide) groups is 1. The van der Waals surface area contributed by atoms with Crippen molar-refractivity contribution in [1.82, 2.24) is 10.2 Å². The van der Waals surface area contributed by atoms with Gasteiger partial charge in [-0.15, -0.1) is 10.2 Å². The quantitative estimate of drug-likeness (QED) is 0.447. The van der Waals surface area contributed by atoms with Crippen LogP contribution in [0.4, 0.5) is 11.4 Å². The lowest BCUT2D eigenvalue weighted by molar-refractivity contribution is -0.115. The molecule has 7 nitrogen and oxygen atoms in total. The maximum atomic E-state index is 12.6. The number of nitrogens with one attached hydrogen (secondary N) is 1. The molecule has 1 saturated heterocycles. The van der Waals surface area contributed by atoms with Crippen LogP contribution in [0.1, 0.15) is 43.2 Å². The predicted molar refractivity (Wildman–Crippen MR) is 131 cm³/mol. The van der Waals surface area contributed by atoms with Crippen LogP contribution in [-0.4, -0.2) is 34.4 Å². The van der Waals surface area contributed by atoms with Gasteiger partial charge >= 0.3 is 0 Å². The Bertz CT molecular complexity index is 1080. The molecule has 33 heavy (non-hydrogen) atoms. The number of rotatable bonds is 8. The summed E-state index contributed by atoms with van der Waals surface area (Å²) in [7, 11) is 0. The van der Waals surface area contributed by atoms with E-state index in [1.54, 1.807) is 0 Å². The number of ether oxygens (including phenoxy) is 1. The van der Waals surface area contributed by atoms with Crippen LogP contribution in [0.25, 0.3) is 0 Å². The summed E-state index contributed by atoms with van der Waals surface area (Å²) < 4.78 is 11.5. The molecular weight excluding hydrogens is 436 g/mol. The van der Waals surface area contributed by atoms with Crippen molar-refractivity contribution in [3.63, 3.8) is 0 Å². The van der Waals surface area contributed by atoms with E-state index >= 15 is 0 Å². The molecule has 1 aliphatic heterocycles. The number of carbonyl (C=O) groups is 1. The molecule has 1 N–H and O–H groups in total. The van der Waals surface area contributed by atoms with Crippen LogP contribution in [0.5, 0.6) is 5.75 Å². The Balaban J connectivity index is 1.27. The lowest BCUT2D eigenvalue weighted by Crippen LogP contribution is -2.29. The van der Waals surface area contributed by atoms with Gasteiger partial charge in [-0.25, -0.2) is 0 Å². The molecule has 174 valence electrons. The molecule has 1 aliphatic rings. The molecule has 1 atom stereocenters. The Kier molecular flexibility index (Phi) is 7.54. The minimum absolute atomic E-state index is 0.114. The molecule has 2 aromatic carbocycles. The smallest absolute Gasteiger partial charge is 0.277 e. The topological polar surface area (TPSA) is 80.5 Å². The largest absolute Gasteiger partial charge is 0.484 e. The molecule has 4 rings (SSSR count). The third-order valence-corrected chi connectivity index (χ3v) is 6.58. The summed E-state index contributed by atoms with van der Waals surface area (Å²) >= 11 is 1.23. The number of anilines is 2. The van der Waals surface area contributed by atoms with Crippen molar-refractivity contribution in [3.05, 3.63) is 59.5 Å². The highest BCUT2D eigenvalue weighted by atomic mass is 32.2. The Morgan fingerprint density at radius 1 is 1.12 bits per heavy atom. The van der Waals surface area contributed by atoms with E-state index in [0.29, 0.717) is 11.1 Å². The summed E-state index contributed by atoms with van der Waals surface area (Å²) in [5, 5.41) is 11.0. The molecule has 3 aromatic rings. The maximum absolute atomic E-state index is 12.6. The van der Waals surface area contributed by atoms with E-state index in [-0.39, 0.29) is 17.8 Å². The van der Waals surface area contributed by atoms with Crippen molar-refractivity contribution in [2.24, 2.45) is 0 Å². The fourth-order valence-corrected chi connectivity index (χ4v) is 4.40. The van der Waals surface area contributed by atoms with Gasteiger partial charge in [0.2, 0.25) is 5.91 Å². The van der Waals surface area contributed by atoms with Gasteiger partial charge in [0.1, 0.15) is 5.75 Å². The first-order valence-electron chi connectivity index (χ1n) is 11.3. The number of amides is 1. The molecule has 1 unspecified atom stereocenters. The van der Waals surface area contributed by atoms with E-state index < -0.39 is 0 Å². The van der Waals surface area contributed by atoms with Gasteiger partial charge in [-0.1, -0.05) is 23.9 Å². The molecule has 0 radical (unpaired) electrons. The van der Waals surface area contributed by atoms with Crippen LogP contribution >= 0.6 is 11.8 Å². The summed E-state index contributed by atoms with van der Waals surface area (Å²) in [4.78, 5) is 15.0. The molecule has 2 heterocycles. The standard InChI is InChI=1S/C25H30N4O3S/c1-17-7-8-18(2)22(15-17)31-16-23-27-28-25(32-23)33-19(3)24(30)26-20-9-11-21(12-10-20)29-13-5-4-6-14-29/h7-12,15,19H,4-6,13-14,16H2,1-3H3,(H,26,30). The zero-order valence-electron chi connectivity index (χ0n) is 19.3. The van der Waals surface area contributed by atoms with Crippen LogP contribution in [0, 0.1) is 13.8 Å². The van der Waals surface area contributed by atoms with Crippen LogP contribution in [-0.2, 0) is 11.4 Å². The molecule has 0 spiro atoms. The van der Waals surface area contributed by atoms with E-state index in [2.05, 4.69) is 32.5 Å². The number of benzene rings is 2.